The molecular weight excluding hydrogens is 246 g/mol. The number of furan rings is 1. The van der Waals surface area contributed by atoms with Gasteiger partial charge >= 0.3 is 0 Å². The smallest absolute Gasteiger partial charge is 0.201 e. The highest BCUT2D eigenvalue weighted by molar-refractivity contribution is 9.10. The van der Waals surface area contributed by atoms with Gasteiger partial charge in [0.2, 0.25) is 5.95 Å². The predicted molar refractivity (Wildman–Crippen MR) is 57.8 cm³/mol. The number of aryl methyl sites for hydroxylation is 1. The SMILES string of the molecule is Cc1ccc(-c2nc(N)n(C)c2Br)o1. The van der Waals surface area contributed by atoms with E-state index in [-0.39, 0.29) is 0 Å². The lowest BCUT2D eigenvalue weighted by Gasteiger charge is -1.94. The molecule has 0 radical (unpaired) electrons. The van der Waals surface area contributed by atoms with Crippen LogP contribution in [0.1, 0.15) is 5.76 Å². The van der Waals surface area contributed by atoms with Gasteiger partial charge in [-0.05, 0) is 35.0 Å². The number of hydrogen-bond acceptors (Lipinski definition) is 3. The molecule has 2 aromatic heterocycles. The molecule has 0 atom stereocenters. The van der Waals surface area contributed by atoms with Gasteiger partial charge in [-0.15, -0.1) is 0 Å². The molecule has 2 aromatic rings. The van der Waals surface area contributed by atoms with Crippen LogP contribution in [0.15, 0.2) is 21.2 Å². The van der Waals surface area contributed by atoms with E-state index in [9.17, 15) is 0 Å². The molecule has 2 rings (SSSR count). The number of rotatable bonds is 1. The van der Waals surface area contributed by atoms with Gasteiger partial charge < -0.3 is 14.7 Å². The molecule has 0 amide bonds. The standard InChI is InChI=1S/C9H10BrN3O/c1-5-3-4-6(14-5)7-8(10)13(2)9(11)12-7/h3-4H,1-2H3,(H2,11,12). The van der Waals surface area contributed by atoms with E-state index in [0.29, 0.717) is 5.95 Å². The first-order chi connectivity index (χ1) is 6.59. The molecule has 0 aliphatic carbocycles. The Bertz CT molecular complexity index is 472. The second-order valence-corrected chi connectivity index (χ2v) is 3.83. The first-order valence-electron chi connectivity index (χ1n) is 4.14. The van der Waals surface area contributed by atoms with E-state index in [4.69, 9.17) is 10.2 Å². The number of nitrogens with zero attached hydrogens (tertiary/aromatic N) is 2. The number of halogens is 1. The first kappa shape index (κ1) is 9.33. The fraction of sp³-hybridized carbons (Fsp3) is 0.222. The number of imidazole rings is 1. The van der Waals surface area contributed by atoms with Crippen LogP contribution in [-0.2, 0) is 7.05 Å². The van der Waals surface area contributed by atoms with Crippen molar-refractivity contribution in [3.05, 3.63) is 22.5 Å². The summed E-state index contributed by atoms with van der Waals surface area (Å²) in [4.78, 5) is 4.19. The highest BCUT2D eigenvalue weighted by Crippen LogP contribution is 2.29. The molecule has 0 saturated heterocycles. The molecule has 0 bridgehead atoms. The number of hydrogen-bond donors (Lipinski definition) is 1. The van der Waals surface area contributed by atoms with Gasteiger partial charge in [-0.25, -0.2) is 4.98 Å². The maximum Gasteiger partial charge on any atom is 0.201 e. The van der Waals surface area contributed by atoms with Crippen molar-refractivity contribution >= 4 is 21.9 Å². The molecule has 0 spiro atoms. The molecule has 0 aromatic carbocycles. The highest BCUT2D eigenvalue weighted by atomic mass is 79.9. The average molecular weight is 256 g/mol. The molecule has 2 heterocycles. The minimum Gasteiger partial charge on any atom is -0.460 e. The molecule has 0 saturated carbocycles. The summed E-state index contributed by atoms with van der Waals surface area (Å²) in [5, 5.41) is 0. The number of nitrogen functional groups attached to an aromatic ring is 1. The van der Waals surface area contributed by atoms with Crippen LogP contribution >= 0.6 is 15.9 Å². The summed E-state index contributed by atoms with van der Waals surface area (Å²) in [6.07, 6.45) is 0. The zero-order valence-corrected chi connectivity index (χ0v) is 9.50. The van der Waals surface area contributed by atoms with E-state index < -0.39 is 0 Å². The summed E-state index contributed by atoms with van der Waals surface area (Å²) in [5.41, 5.74) is 6.40. The van der Waals surface area contributed by atoms with E-state index in [0.717, 1.165) is 21.8 Å². The number of nitrogens with two attached hydrogens (primary N) is 1. The number of aromatic nitrogens is 2. The van der Waals surface area contributed by atoms with Crippen LogP contribution in [0.25, 0.3) is 11.5 Å². The summed E-state index contributed by atoms with van der Waals surface area (Å²) in [5.74, 6) is 2.04. The largest absolute Gasteiger partial charge is 0.460 e. The van der Waals surface area contributed by atoms with Gasteiger partial charge in [-0.3, -0.25) is 0 Å². The Morgan fingerprint density at radius 3 is 2.64 bits per heavy atom. The van der Waals surface area contributed by atoms with Gasteiger partial charge in [-0.1, -0.05) is 0 Å². The second kappa shape index (κ2) is 3.16. The van der Waals surface area contributed by atoms with Crippen LogP contribution in [0.4, 0.5) is 5.95 Å². The van der Waals surface area contributed by atoms with Crippen molar-refractivity contribution in [1.29, 1.82) is 0 Å². The van der Waals surface area contributed by atoms with Crippen molar-refractivity contribution in [2.45, 2.75) is 6.92 Å². The van der Waals surface area contributed by atoms with Gasteiger partial charge in [-0.2, -0.15) is 0 Å². The van der Waals surface area contributed by atoms with Crippen molar-refractivity contribution in [1.82, 2.24) is 9.55 Å². The molecule has 4 nitrogen and oxygen atoms in total. The Kier molecular flexibility index (Phi) is 2.11. The summed E-state index contributed by atoms with van der Waals surface area (Å²) in [7, 11) is 1.84. The van der Waals surface area contributed by atoms with Crippen LogP contribution in [-0.4, -0.2) is 9.55 Å². The van der Waals surface area contributed by atoms with Gasteiger partial charge in [0.05, 0.1) is 0 Å². The maximum absolute atomic E-state index is 5.67. The maximum atomic E-state index is 5.67. The highest BCUT2D eigenvalue weighted by Gasteiger charge is 2.14. The third-order valence-electron chi connectivity index (χ3n) is 2.03. The van der Waals surface area contributed by atoms with Crippen molar-refractivity contribution < 1.29 is 4.42 Å². The zero-order valence-electron chi connectivity index (χ0n) is 7.91. The quantitative estimate of drug-likeness (QED) is 0.851. The third kappa shape index (κ3) is 1.33. The monoisotopic (exact) mass is 255 g/mol. The lowest BCUT2D eigenvalue weighted by atomic mass is 10.3. The summed E-state index contributed by atoms with van der Waals surface area (Å²) < 4.78 is 8.04. The number of anilines is 1. The van der Waals surface area contributed by atoms with Crippen molar-refractivity contribution in [3.63, 3.8) is 0 Å². The van der Waals surface area contributed by atoms with E-state index in [2.05, 4.69) is 20.9 Å². The molecule has 2 N–H and O–H groups in total. The van der Waals surface area contributed by atoms with E-state index >= 15 is 0 Å². The Morgan fingerprint density at radius 1 is 1.50 bits per heavy atom. The topological polar surface area (TPSA) is 57.0 Å². The summed E-state index contributed by atoms with van der Waals surface area (Å²) >= 11 is 3.41. The fourth-order valence-corrected chi connectivity index (χ4v) is 1.68. The fourth-order valence-electron chi connectivity index (χ4n) is 1.21. The molecule has 0 unspecified atom stereocenters. The molecule has 74 valence electrons. The normalized spacial score (nSPS) is 10.8. The van der Waals surface area contributed by atoms with Crippen molar-refractivity contribution in [3.8, 4) is 11.5 Å². The summed E-state index contributed by atoms with van der Waals surface area (Å²) in [6, 6.07) is 3.77. The van der Waals surface area contributed by atoms with Crippen molar-refractivity contribution in [2.24, 2.45) is 7.05 Å². The molecular formula is C9H10BrN3O. The zero-order chi connectivity index (χ0) is 10.3. The average Bonchev–Trinajstić information content (AvgIpc) is 2.66. The third-order valence-corrected chi connectivity index (χ3v) is 2.94. The lowest BCUT2D eigenvalue weighted by Crippen LogP contribution is -1.96. The van der Waals surface area contributed by atoms with E-state index in [1.165, 1.54) is 0 Å². The minimum absolute atomic E-state index is 0.459. The van der Waals surface area contributed by atoms with Gasteiger partial charge in [0.1, 0.15) is 16.1 Å². The van der Waals surface area contributed by atoms with Crippen LogP contribution in [0.3, 0.4) is 0 Å². The first-order valence-corrected chi connectivity index (χ1v) is 4.93. The minimum atomic E-state index is 0.459. The van der Waals surface area contributed by atoms with Crippen LogP contribution in [0.5, 0.6) is 0 Å². The lowest BCUT2D eigenvalue weighted by molar-refractivity contribution is 0.546. The Hall–Kier alpha value is -1.23. The molecule has 14 heavy (non-hydrogen) atoms. The molecule has 5 heteroatoms. The van der Waals surface area contributed by atoms with Crippen LogP contribution < -0.4 is 5.73 Å². The molecule has 0 fully saturated rings. The molecule has 0 aliphatic heterocycles. The Morgan fingerprint density at radius 2 is 2.21 bits per heavy atom. The second-order valence-electron chi connectivity index (χ2n) is 3.08. The Labute approximate surface area is 89.9 Å². The molecule has 0 aliphatic rings. The van der Waals surface area contributed by atoms with Gasteiger partial charge in [0.15, 0.2) is 5.76 Å². The predicted octanol–water partition coefficient (Wildman–Crippen LogP) is 2.33. The van der Waals surface area contributed by atoms with E-state index in [1.807, 2.05) is 26.1 Å². The van der Waals surface area contributed by atoms with E-state index in [1.54, 1.807) is 4.57 Å². The van der Waals surface area contributed by atoms with Crippen molar-refractivity contribution in [2.75, 3.05) is 5.73 Å². The van der Waals surface area contributed by atoms with Gasteiger partial charge in [0.25, 0.3) is 0 Å². The summed E-state index contributed by atoms with van der Waals surface area (Å²) in [6.45, 7) is 1.89. The Balaban J connectivity index is 2.57. The van der Waals surface area contributed by atoms with Crippen LogP contribution in [0, 0.1) is 6.92 Å². The van der Waals surface area contributed by atoms with Crippen LogP contribution in [0.2, 0.25) is 0 Å². The van der Waals surface area contributed by atoms with Gasteiger partial charge in [0, 0.05) is 7.05 Å².